The Bertz CT molecular complexity index is 195. The average Bonchev–Trinajstić information content (AvgIpc) is 2.01. The van der Waals surface area contributed by atoms with Crippen LogP contribution in [0.15, 0.2) is 0 Å². The second kappa shape index (κ2) is 3.77. The van der Waals surface area contributed by atoms with Crippen molar-refractivity contribution >= 4 is 0 Å². The molecule has 0 unspecified atom stereocenters. The minimum Gasteiger partial charge on any atom is -0.382 e. The highest BCUT2D eigenvalue weighted by molar-refractivity contribution is 4.83. The smallest absolute Gasteiger partial charge is 0.190 e. The van der Waals surface area contributed by atoms with Crippen LogP contribution in [0.25, 0.3) is 0 Å². The summed E-state index contributed by atoms with van der Waals surface area (Å²) in [6, 6.07) is 0. The zero-order valence-electron chi connectivity index (χ0n) is 9.53. The molecule has 1 rings (SSSR count). The fourth-order valence-corrected chi connectivity index (χ4v) is 1.37. The molecule has 0 aromatic heterocycles. The van der Waals surface area contributed by atoms with Crippen molar-refractivity contribution in [1.82, 2.24) is 0 Å². The lowest BCUT2D eigenvalue weighted by Gasteiger charge is -2.43. The zero-order chi connectivity index (χ0) is 11.0. The molecular formula is C10H20O4. The minimum absolute atomic E-state index is 0.118. The molecule has 1 aliphatic rings. The Morgan fingerprint density at radius 2 is 2.00 bits per heavy atom. The quantitative estimate of drug-likeness (QED) is 0.695. The summed E-state index contributed by atoms with van der Waals surface area (Å²) in [5, 5.41) is 9.84. The van der Waals surface area contributed by atoms with Crippen LogP contribution in [-0.4, -0.2) is 37.0 Å². The largest absolute Gasteiger partial charge is 0.382 e. The van der Waals surface area contributed by atoms with Crippen molar-refractivity contribution < 1.29 is 19.3 Å². The highest BCUT2D eigenvalue weighted by Crippen LogP contribution is 2.32. The summed E-state index contributed by atoms with van der Waals surface area (Å²) in [6.45, 7) is 7.92. The molecule has 3 atom stereocenters. The molecule has 0 aromatic rings. The maximum Gasteiger partial charge on any atom is 0.190 e. The van der Waals surface area contributed by atoms with E-state index in [-0.39, 0.29) is 18.3 Å². The highest BCUT2D eigenvalue weighted by atomic mass is 16.8. The minimum atomic E-state index is -1.07. The molecule has 0 aromatic carbocycles. The Hall–Kier alpha value is -0.160. The van der Waals surface area contributed by atoms with Crippen molar-refractivity contribution in [3.8, 4) is 0 Å². The molecular weight excluding hydrogens is 184 g/mol. The Kier molecular flexibility index (Phi) is 3.21. The summed E-state index contributed by atoms with van der Waals surface area (Å²) in [6.07, 6.45) is -0.965. The van der Waals surface area contributed by atoms with Crippen LogP contribution in [0.2, 0.25) is 0 Å². The van der Waals surface area contributed by atoms with E-state index in [4.69, 9.17) is 14.2 Å². The van der Waals surface area contributed by atoms with Gasteiger partial charge in [-0.1, -0.05) is 20.8 Å². The third-order valence-corrected chi connectivity index (χ3v) is 2.20. The summed E-state index contributed by atoms with van der Waals surface area (Å²) in [7, 11) is 1.52. The lowest BCUT2D eigenvalue weighted by molar-refractivity contribution is -0.365. The normalized spacial score (nSPS) is 39.9. The molecule has 14 heavy (non-hydrogen) atoms. The Balaban J connectivity index is 2.67. The lowest BCUT2D eigenvalue weighted by atomic mass is 9.94. The van der Waals surface area contributed by atoms with E-state index in [1.54, 1.807) is 6.92 Å². The van der Waals surface area contributed by atoms with Gasteiger partial charge in [-0.2, -0.15) is 0 Å². The van der Waals surface area contributed by atoms with Gasteiger partial charge >= 0.3 is 0 Å². The molecule has 0 amide bonds. The standard InChI is InChI=1S/C10H20O4/c1-9(2,3)7-13-6-10(4,11)8(12-5)14-7/h7-8,11H,6H2,1-5H3/t7-,8+,10+/m0/s1. The van der Waals surface area contributed by atoms with Gasteiger partial charge in [-0.25, -0.2) is 0 Å². The summed E-state index contributed by atoms with van der Waals surface area (Å²) in [5.74, 6) is 0. The zero-order valence-corrected chi connectivity index (χ0v) is 9.53. The SMILES string of the molecule is CO[C@@H]1O[C@@H](C(C)(C)C)OC[C@@]1(C)O. The van der Waals surface area contributed by atoms with Gasteiger partial charge in [0, 0.05) is 12.5 Å². The van der Waals surface area contributed by atoms with Crippen LogP contribution in [-0.2, 0) is 14.2 Å². The predicted octanol–water partition coefficient (Wildman–Crippen LogP) is 1.13. The van der Waals surface area contributed by atoms with E-state index >= 15 is 0 Å². The molecule has 0 aliphatic carbocycles. The first-order valence-electron chi connectivity index (χ1n) is 4.79. The van der Waals surface area contributed by atoms with Crippen LogP contribution in [0.3, 0.4) is 0 Å². The van der Waals surface area contributed by atoms with Crippen LogP contribution in [0.5, 0.6) is 0 Å². The van der Waals surface area contributed by atoms with Gasteiger partial charge in [0.1, 0.15) is 5.60 Å². The molecule has 1 aliphatic heterocycles. The third kappa shape index (κ3) is 2.45. The van der Waals surface area contributed by atoms with E-state index in [1.165, 1.54) is 7.11 Å². The van der Waals surface area contributed by atoms with E-state index in [2.05, 4.69) is 0 Å². The average molecular weight is 204 g/mol. The van der Waals surface area contributed by atoms with E-state index < -0.39 is 11.9 Å². The summed E-state index contributed by atoms with van der Waals surface area (Å²) >= 11 is 0. The molecule has 0 saturated carbocycles. The van der Waals surface area contributed by atoms with Crippen molar-refractivity contribution in [2.24, 2.45) is 5.41 Å². The fourth-order valence-electron chi connectivity index (χ4n) is 1.37. The Labute approximate surface area is 85.2 Å². The van der Waals surface area contributed by atoms with Crippen LogP contribution < -0.4 is 0 Å². The van der Waals surface area contributed by atoms with E-state index in [0.29, 0.717) is 0 Å². The summed E-state index contributed by atoms with van der Waals surface area (Å²) in [5.41, 5.74) is -1.19. The lowest BCUT2D eigenvalue weighted by Crippen LogP contribution is -2.56. The third-order valence-electron chi connectivity index (χ3n) is 2.20. The maximum atomic E-state index is 9.84. The number of ether oxygens (including phenoxy) is 3. The predicted molar refractivity (Wildman–Crippen MR) is 51.7 cm³/mol. The fraction of sp³-hybridized carbons (Fsp3) is 1.00. The molecule has 0 bridgehead atoms. The van der Waals surface area contributed by atoms with E-state index in [1.807, 2.05) is 20.8 Å². The van der Waals surface area contributed by atoms with Gasteiger partial charge in [-0.3, -0.25) is 0 Å². The van der Waals surface area contributed by atoms with Crippen molar-refractivity contribution in [3.63, 3.8) is 0 Å². The van der Waals surface area contributed by atoms with Crippen LogP contribution >= 0.6 is 0 Å². The second-order valence-electron chi connectivity index (χ2n) is 5.07. The Morgan fingerprint density at radius 3 is 2.43 bits per heavy atom. The molecule has 0 radical (unpaired) electrons. The van der Waals surface area contributed by atoms with Crippen LogP contribution in [0.1, 0.15) is 27.7 Å². The van der Waals surface area contributed by atoms with E-state index in [9.17, 15) is 5.11 Å². The van der Waals surface area contributed by atoms with Gasteiger partial charge in [0.15, 0.2) is 12.6 Å². The highest BCUT2D eigenvalue weighted by Gasteiger charge is 2.44. The molecule has 4 nitrogen and oxygen atoms in total. The molecule has 4 heteroatoms. The topological polar surface area (TPSA) is 47.9 Å². The first kappa shape index (κ1) is 11.9. The summed E-state index contributed by atoms with van der Waals surface area (Å²) in [4.78, 5) is 0. The first-order chi connectivity index (χ1) is 6.27. The molecule has 84 valence electrons. The van der Waals surface area contributed by atoms with Gasteiger partial charge in [0.25, 0.3) is 0 Å². The van der Waals surface area contributed by atoms with Crippen LogP contribution in [0, 0.1) is 5.41 Å². The van der Waals surface area contributed by atoms with E-state index in [0.717, 1.165) is 0 Å². The molecule has 1 saturated heterocycles. The monoisotopic (exact) mass is 204 g/mol. The second-order valence-corrected chi connectivity index (χ2v) is 5.07. The molecule has 0 spiro atoms. The number of hydrogen-bond acceptors (Lipinski definition) is 4. The Morgan fingerprint density at radius 1 is 1.43 bits per heavy atom. The van der Waals surface area contributed by atoms with Crippen LogP contribution in [0.4, 0.5) is 0 Å². The van der Waals surface area contributed by atoms with Gasteiger partial charge < -0.3 is 19.3 Å². The number of rotatable bonds is 1. The van der Waals surface area contributed by atoms with Gasteiger partial charge in [-0.15, -0.1) is 0 Å². The van der Waals surface area contributed by atoms with Gasteiger partial charge in [0.05, 0.1) is 6.61 Å². The van der Waals surface area contributed by atoms with Gasteiger partial charge in [-0.05, 0) is 6.92 Å². The maximum absolute atomic E-state index is 9.84. The summed E-state index contributed by atoms with van der Waals surface area (Å²) < 4.78 is 16.0. The van der Waals surface area contributed by atoms with Crippen molar-refractivity contribution in [3.05, 3.63) is 0 Å². The van der Waals surface area contributed by atoms with Crippen molar-refractivity contribution in [2.75, 3.05) is 13.7 Å². The molecule has 1 fully saturated rings. The number of methoxy groups -OCH3 is 1. The van der Waals surface area contributed by atoms with Crippen molar-refractivity contribution in [2.45, 2.75) is 45.9 Å². The molecule has 1 heterocycles. The van der Waals surface area contributed by atoms with Crippen molar-refractivity contribution in [1.29, 1.82) is 0 Å². The molecule has 1 N–H and O–H groups in total. The number of aliphatic hydroxyl groups is 1. The number of hydrogen-bond donors (Lipinski definition) is 1. The first-order valence-corrected chi connectivity index (χ1v) is 4.79. The van der Waals surface area contributed by atoms with Gasteiger partial charge in [0.2, 0.25) is 0 Å².